The standard InChI is InChI=1S/C17H26N2/c1-12(2)15-7-5-14(17(9-15)11-19)6-8-16(10-18)13(3)4/h5,7,9,12-13,16H,6,8,10,18H2,1-4H3. The van der Waals surface area contributed by atoms with Crippen molar-refractivity contribution in [2.75, 3.05) is 6.54 Å². The van der Waals surface area contributed by atoms with E-state index in [-0.39, 0.29) is 0 Å². The van der Waals surface area contributed by atoms with Gasteiger partial charge in [0, 0.05) is 0 Å². The molecule has 1 rings (SSSR count). The Kier molecular flexibility index (Phi) is 6.05. The minimum atomic E-state index is 0.466. The lowest BCUT2D eigenvalue weighted by Gasteiger charge is -2.19. The molecule has 0 spiro atoms. The molecule has 1 aromatic carbocycles. The van der Waals surface area contributed by atoms with E-state index in [0.717, 1.165) is 30.5 Å². The van der Waals surface area contributed by atoms with E-state index in [1.54, 1.807) is 0 Å². The first kappa shape index (κ1) is 15.7. The summed E-state index contributed by atoms with van der Waals surface area (Å²) in [7, 11) is 0. The fraction of sp³-hybridized carbons (Fsp3) is 0.588. The van der Waals surface area contributed by atoms with Gasteiger partial charge in [0.05, 0.1) is 11.6 Å². The second kappa shape index (κ2) is 7.31. The second-order valence-corrected chi connectivity index (χ2v) is 5.96. The summed E-state index contributed by atoms with van der Waals surface area (Å²) >= 11 is 0. The largest absolute Gasteiger partial charge is 0.330 e. The van der Waals surface area contributed by atoms with Crippen LogP contribution in [-0.2, 0) is 6.42 Å². The van der Waals surface area contributed by atoms with Crippen molar-refractivity contribution in [3.05, 3.63) is 34.9 Å². The third kappa shape index (κ3) is 4.36. The quantitative estimate of drug-likeness (QED) is 0.842. The molecule has 0 aromatic heterocycles. The summed E-state index contributed by atoms with van der Waals surface area (Å²) in [5, 5.41) is 9.28. The van der Waals surface area contributed by atoms with E-state index in [4.69, 9.17) is 5.73 Å². The Morgan fingerprint density at radius 1 is 1.21 bits per heavy atom. The molecule has 0 saturated carbocycles. The molecule has 2 heteroatoms. The fourth-order valence-electron chi connectivity index (χ4n) is 2.34. The zero-order valence-electron chi connectivity index (χ0n) is 12.6. The molecule has 19 heavy (non-hydrogen) atoms. The lowest BCUT2D eigenvalue weighted by atomic mass is 9.88. The van der Waals surface area contributed by atoms with Crippen LogP contribution in [0.15, 0.2) is 18.2 Å². The molecule has 1 aromatic rings. The smallest absolute Gasteiger partial charge is 0.0994 e. The second-order valence-electron chi connectivity index (χ2n) is 5.96. The summed E-state index contributed by atoms with van der Waals surface area (Å²) in [5.41, 5.74) is 9.03. The molecular weight excluding hydrogens is 232 g/mol. The monoisotopic (exact) mass is 258 g/mol. The Morgan fingerprint density at radius 3 is 2.37 bits per heavy atom. The average molecular weight is 258 g/mol. The zero-order valence-corrected chi connectivity index (χ0v) is 12.6. The van der Waals surface area contributed by atoms with Gasteiger partial charge in [-0.3, -0.25) is 0 Å². The topological polar surface area (TPSA) is 49.8 Å². The number of hydrogen-bond acceptors (Lipinski definition) is 2. The van der Waals surface area contributed by atoms with Crippen LogP contribution in [-0.4, -0.2) is 6.54 Å². The molecule has 0 radical (unpaired) electrons. The van der Waals surface area contributed by atoms with E-state index in [1.807, 2.05) is 6.07 Å². The van der Waals surface area contributed by atoms with Crippen LogP contribution in [0.2, 0.25) is 0 Å². The van der Waals surface area contributed by atoms with Gasteiger partial charge in [-0.2, -0.15) is 5.26 Å². The maximum Gasteiger partial charge on any atom is 0.0994 e. The van der Waals surface area contributed by atoms with Crippen LogP contribution in [0.25, 0.3) is 0 Å². The molecule has 1 unspecified atom stereocenters. The van der Waals surface area contributed by atoms with Gasteiger partial charge in [0.1, 0.15) is 0 Å². The highest BCUT2D eigenvalue weighted by Crippen LogP contribution is 2.22. The van der Waals surface area contributed by atoms with E-state index < -0.39 is 0 Å². The van der Waals surface area contributed by atoms with Crippen LogP contribution in [0, 0.1) is 23.2 Å². The molecule has 104 valence electrons. The van der Waals surface area contributed by atoms with Crippen LogP contribution in [0.3, 0.4) is 0 Å². The first-order valence-electron chi connectivity index (χ1n) is 7.22. The SMILES string of the molecule is CC(C)c1ccc(CCC(CN)C(C)C)c(C#N)c1. The molecule has 0 bridgehead atoms. The molecular formula is C17H26N2. The van der Waals surface area contributed by atoms with Crippen molar-refractivity contribution in [1.29, 1.82) is 5.26 Å². The van der Waals surface area contributed by atoms with Gasteiger partial charge in [0.15, 0.2) is 0 Å². The van der Waals surface area contributed by atoms with Gasteiger partial charge in [-0.25, -0.2) is 0 Å². The number of rotatable bonds is 6. The van der Waals surface area contributed by atoms with E-state index in [0.29, 0.717) is 17.8 Å². The number of nitrogens with zero attached hydrogens (tertiary/aromatic N) is 1. The van der Waals surface area contributed by atoms with E-state index in [2.05, 4.69) is 45.9 Å². The van der Waals surface area contributed by atoms with Crippen molar-refractivity contribution >= 4 is 0 Å². The third-order valence-electron chi connectivity index (χ3n) is 3.95. The van der Waals surface area contributed by atoms with Crippen molar-refractivity contribution in [2.45, 2.75) is 46.5 Å². The summed E-state index contributed by atoms with van der Waals surface area (Å²) < 4.78 is 0. The fourth-order valence-corrected chi connectivity index (χ4v) is 2.34. The molecule has 0 aliphatic heterocycles. The van der Waals surface area contributed by atoms with Gasteiger partial charge in [-0.1, -0.05) is 39.8 Å². The van der Waals surface area contributed by atoms with Gasteiger partial charge in [-0.15, -0.1) is 0 Å². The van der Waals surface area contributed by atoms with Crippen LogP contribution in [0.5, 0.6) is 0 Å². The van der Waals surface area contributed by atoms with Crippen molar-refractivity contribution in [3.63, 3.8) is 0 Å². The third-order valence-corrected chi connectivity index (χ3v) is 3.95. The predicted molar refractivity (Wildman–Crippen MR) is 80.9 cm³/mol. The number of benzene rings is 1. The highest BCUT2D eigenvalue weighted by molar-refractivity contribution is 5.41. The van der Waals surface area contributed by atoms with Crippen molar-refractivity contribution < 1.29 is 0 Å². The van der Waals surface area contributed by atoms with Crippen LogP contribution in [0.1, 0.15) is 56.7 Å². The number of nitriles is 1. The molecule has 1 atom stereocenters. The zero-order chi connectivity index (χ0) is 14.4. The van der Waals surface area contributed by atoms with E-state index in [9.17, 15) is 5.26 Å². The molecule has 0 amide bonds. The maximum absolute atomic E-state index is 9.28. The normalized spacial score (nSPS) is 12.7. The van der Waals surface area contributed by atoms with E-state index in [1.165, 1.54) is 5.56 Å². The van der Waals surface area contributed by atoms with Gasteiger partial charge in [0.25, 0.3) is 0 Å². The number of aryl methyl sites for hydroxylation is 1. The Hall–Kier alpha value is -1.33. The first-order valence-corrected chi connectivity index (χ1v) is 7.22. The summed E-state index contributed by atoms with van der Waals surface area (Å²) in [4.78, 5) is 0. The Balaban J connectivity index is 2.82. The predicted octanol–water partition coefficient (Wildman–Crippen LogP) is 3.85. The van der Waals surface area contributed by atoms with Crippen LogP contribution in [0.4, 0.5) is 0 Å². The van der Waals surface area contributed by atoms with Gasteiger partial charge < -0.3 is 5.73 Å². The minimum Gasteiger partial charge on any atom is -0.330 e. The molecule has 0 aliphatic carbocycles. The molecule has 0 fully saturated rings. The molecule has 0 saturated heterocycles. The Bertz CT molecular complexity index is 441. The number of nitrogens with two attached hydrogens (primary N) is 1. The summed E-state index contributed by atoms with van der Waals surface area (Å²) in [5.74, 6) is 1.61. The lowest BCUT2D eigenvalue weighted by molar-refractivity contribution is 0.369. The lowest BCUT2D eigenvalue weighted by Crippen LogP contribution is -2.20. The molecule has 0 aliphatic rings. The summed E-state index contributed by atoms with van der Waals surface area (Å²) in [6.07, 6.45) is 2.01. The van der Waals surface area contributed by atoms with Crippen LogP contribution >= 0.6 is 0 Å². The van der Waals surface area contributed by atoms with Gasteiger partial charge in [0.2, 0.25) is 0 Å². The van der Waals surface area contributed by atoms with Crippen LogP contribution < -0.4 is 5.73 Å². The highest BCUT2D eigenvalue weighted by atomic mass is 14.5. The Morgan fingerprint density at radius 2 is 1.89 bits per heavy atom. The summed E-state index contributed by atoms with van der Waals surface area (Å²) in [6, 6.07) is 8.62. The minimum absolute atomic E-state index is 0.466. The van der Waals surface area contributed by atoms with E-state index >= 15 is 0 Å². The average Bonchev–Trinajstić information content (AvgIpc) is 2.38. The first-order chi connectivity index (χ1) is 8.99. The van der Waals surface area contributed by atoms with Gasteiger partial charge >= 0.3 is 0 Å². The molecule has 2 nitrogen and oxygen atoms in total. The van der Waals surface area contributed by atoms with Crippen molar-refractivity contribution in [2.24, 2.45) is 17.6 Å². The summed E-state index contributed by atoms with van der Waals surface area (Å²) in [6.45, 7) is 9.46. The molecule has 0 heterocycles. The van der Waals surface area contributed by atoms with Gasteiger partial charge in [-0.05, 0) is 54.3 Å². The Labute approximate surface area is 117 Å². The van der Waals surface area contributed by atoms with Crippen molar-refractivity contribution in [3.8, 4) is 6.07 Å². The van der Waals surface area contributed by atoms with Crippen molar-refractivity contribution in [1.82, 2.24) is 0 Å². The number of hydrogen-bond donors (Lipinski definition) is 1. The maximum atomic E-state index is 9.28. The molecule has 2 N–H and O–H groups in total. The highest BCUT2D eigenvalue weighted by Gasteiger charge is 2.13.